The highest BCUT2D eigenvalue weighted by Crippen LogP contribution is 2.19. The van der Waals surface area contributed by atoms with Crippen LogP contribution >= 0.6 is 0 Å². The SMILES string of the molecule is CCC[C@H](NC(=O)NC1CCC1)c1nccn1C. The van der Waals surface area contributed by atoms with E-state index in [9.17, 15) is 4.79 Å². The number of rotatable bonds is 5. The predicted molar refractivity (Wildman–Crippen MR) is 70.2 cm³/mol. The molecule has 0 aliphatic heterocycles. The quantitative estimate of drug-likeness (QED) is 0.841. The second kappa shape index (κ2) is 5.89. The third kappa shape index (κ3) is 3.03. The lowest BCUT2D eigenvalue weighted by atomic mass is 9.93. The zero-order valence-electron chi connectivity index (χ0n) is 11.1. The second-order valence-corrected chi connectivity index (χ2v) is 4.98. The normalized spacial score (nSPS) is 17.0. The Morgan fingerprint density at radius 3 is 2.89 bits per heavy atom. The summed E-state index contributed by atoms with van der Waals surface area (Å²) in [4.78, 5) is 16.2. The fraction of sp³-hybridized carbons (Fsp3) is 0.692. The van der Waals surface area contributed by atoms with Crippen molar-refractivity contribution in [2.45, 2.75) is 51.1 Å². The number of nitrogens with zero attached hydrogens (tertiary/aromatic N) is 2. The van der Waals surface area contributed by atoms with Crippen molar-refractivity contribution in [1.82, 2.24) is 20.2 Å². The molecule has 0 saturated heterocycles. The van der Waals surface area contributed by atoms with Gasteiger partial charge in [0.15, 0.2) is 0 Å². The maximum atomic E-state index is 11.9. The molecule has 2 amide bonds. The Balaban J connectivity index is 1.93. The maximum absolute atomic E-state index is 11.9. The van der Waals surface area contributed by atoms with Crippen LogP contribution in [0.25, 0.3) is 0 Å². The maximum Gasteiger partial charge on any atom is 0.315 e. The summed E-state index contributed by atoms with van der Waals surface area (Å²) in [7, 11) is 1.95. The molecular formula is C13H22N4O. The highest BCUT2D eigenvalue weighted by atomic mass is 16.2. The third-order valence-corrected chi connectivity index (χ3v) is 3.49. The zero-order chi connectivity index (χ0) is 13.0. The average molecular weight is 250 g/mol. The average Bonchev–Trinajstić information content (AvgIpc) is 2.69. The van der Waals surface area contributed by atoms with Gasteiger partial charge < -0.3 is 15.2 Å². The summed E-state index contributed by atoms with van der Waals surface area (Å²) in [6.45, 7) is 2.11. The standard InChI is InChI=1S/C13H22N4O/c1-3-5-11(12-14-8-9-17(12)2)16-13(18)15-10-6-4-7-10/h8-11H,3-7H2,1-2H3,(H2,15,16,18)/t11-/m0/s1. The number of aromatic nitrogens is 2. The van der Waals surface area contributed by atoms with Crippen molar-refractivity contribution in [3.8, 4) is 0 Å². The van der Waals surface area contributed by atoms with Gasteiger partial charge in [-0.25, -0.2) is 9.78 Å². The molecule has 2 N–H and O–H groups in total. The van der Waals surface area contributed by atoms with Gasteiger partial charge in [-0.1, -0.05) is 13.3 Å². The molecule has 1 heterocycles. The number of amides is 2. The lowest BCUT2D eigenvalue weighted by molar-refractivity contribution is 0.223. The molecule has 1 aliphatic carbocycles. The van der Waals surface area contributed by atoms with Crippen LogP contribution in [0, 0.1) is 0 Å². The Bertz CT molecular complexity index is 397. The molecule has 1 saturated carbocycles. The van der Waals surface area contributed by atoms with Gasteiger partial charge in [0.05, 0.1) is 6.04 Å². The minimum absolute atomic E-state index is 0.00456. The van der Waals surface area contributed by atoms with Gasteiger partial charge in [0.1, 0.15) is 5.82 Å². The number of carbonyl (C=O) groups is 1. The van der Waals surface area contributed by atoms with E-state index in [4.69, 9.17) is 0 Å². The zero-order valence-corrected chi connectivity index (χ0v) is 11.1. The summed E-state index contributed by atoms with van der Waals surface area (Å²) >= 11 is 0. The van der Waals surface area contributed by atoms with E-state index in [1.165, 1.54) is 6.42 Å². The van der Waals surface area contributed by atoms with Crippen LogP contribution in [0.1, 0.15) is 50.9 Å². The molecule has 5 nitrogen and oxygen atoms in total. The first-order valence-corrected chi connectivity index (χ1v) is 6.75. The molecule has 0 spiro atoms. The van der Waals surface area contributed by atoms with Crippen LogP contribution in [-0.4, -0.2) is 21.6 Å². The monoisotopic (exact) mass is 250 g/mol. The molecule has 1 aliphatic rings. The van der Waals surface area contributed by atoms with Gasteiger partial charge in [-0.15, -0.1) is 0 Å². The van der Waals surface area contributed by atoms with Crippen LogP contribution in [0.3, 0.4) is 0 Å². The molecule has 18 heavy (non-hydrogen) atoms. The Hall–Kier alpha value is -1.52. The number of urea groups is 1. The molecule has 5 heteroatoms. The number of carbonyl (C=O) groups excluding carboxylic acids is 1. The van der Waals surface area contributed by atoms with Gasteiger partial charge in [-0.3, -0.25) is 0 Å². The van der Waals surface area contributed by atoms with Gasteiger partial charge in [-0.2, -0.15) is 0 Å². The molecular weight excluding hydrogens is 228 g/mol. The van der Waals surface area contributed by atoms with Crippen LogP contribution in [0.4, 0.5) is 4.79 Å². The molecule has 1 aromatic rings. The summed E-state index contributed by atoms with van der Waals surface area (Å²) in [5.74, 6) is 0.917. The van der Waals surface area contributed by atoms with Gasteiger partial charge in [0, 0.05) is 25.5 Å². The number of hydrogen-bond donors (Lipinski definition) is 2. The Labute approximate surface area is 108 Å². The van der Waals surface area contributed by atoms with Gasteiger partial charge in [-0.05, 0) is 25.7 Å². The third-order valence-electron chi connectivity index (χ3n) is 3.49. The van der Waals surface area contributed by atoms with Crippen LogP contribution < -0.4 is 10.6 Å². The molecule has 1 fully saturated rings. The Kier molecular flexibility index (Phi) is 4.23. The number of hydrogen-bond acceptors (Lipinski definition) is 2. The van der Waals surface area contributed by atoms with E-state index >= 15 is 0 Å². The van der Waals surface area contributed by atoms with E-state index < -0.39 is 0 Å². The van der Waals surface area contributed by atoms with E-state index in [1.54, 1.807) is 6.20 Å². The molecule has 0 bridgehead atoms. The minimum Gasteiger partial charge on any atom is -0.336 e. The molecule has 0 radical (unpaired) electrons. The van der Waals surface area contributed by atoms with Crippen LogP contribution in [0.2, 0.25) is 0 Å². The van der Waals surface area contributed by atoms with Crippen molar-refractivity contribution in [3.05, 3.63) is 18.2 Å². The number of aryl methyl sites for hydroxylation is 1. The highest BCUT2D eigenvalue weighted by Gasteiger charge is 2.22. The summed E-state index contributed by atoms with van der Waals surface area (Å²) in [6.07, 6.45) is 9.03. The molecule has 1 aromatic heterocycles. The molecule has 0 unspecified atom stereocenters. The van der Waals surface area contributed by atoms with E-state index in [2.05, 4.69) is 22.5 Å². The van der Waals surface area contributed by atoms with Gasteiger partial charge >= 0.3 is 6.03 Å². The van der Waals surface area contributed by atoms with Crippen molar-refractivity contribution < 1.29 is 4.79 Å². The fourth-order valence-electron chi connectivity index (χ4n) is 2.21. The lowest BCUT2D eigenvalue weighted by Gasteiger charge is -2.27. The van der Waals surface area contributed by atoms with Gasteiger partial charge in [0.25, 0.3) is 0 Å². The first-order chi connectivity index (χ1) is 8.70. The van der Waals surface area contributed by atoms with Crippen molar-refractivity contribution in [2.75, 3.05) is 0 Å². The first-order valence-electron chi connectivity index (χ1n) is 6.75. The minimum atomic E-state index is -0.0684. The van der Waals surface area contributed by atoms with Crippen molar-refractivity contribution in [1.29, 1.82) is 0 Å². The van der Waals surface area contributed by atoms with Gasteiger partial charge in [0.2, 0.25) is 0 Å². The largest absolute Gasteiger partial charge is 0.336 e. The van der Waals surface area contributed by atoms with Crippen molar-refractivity contribution in [2.24, 2.45) is 7.05 Å². The summed E-state index contributed by atoms with van der Waals surface area (Å²) in [5, 5.41) is 6.03. The molecule has 0 aromatic carbocycles. The van der Waals surface area contributed by atoms with Crippen LogP contribution in [0.15, 0.2) is 12.4 Å². The van der Waals surface area contributed by atoms with Crippen LogP contribution in [0.5, 0.6) is 0 Å². The molecule has 1 atom stereocenters. The highest BCUT2D eigenvalue weighted by molar-refractivity contribution is 5.74. The predicted octanol–water partition coefficient (Wildman–Crippen LogP) is 2.11. The summed E-state index contributed by atoms with van der Waals surface area (Å²) in [6, 6.07) is 0.296. The van der Waals surface area contributed by atoms with Crippen LogP contribution in [-0.2, 0) is 7.05 Å². The molecule has 100 valence electrons. The first kappa shape index (κ1) is 12.9. The second-order valence-electron chi connectivity index (χ2n) is 4.98. The van der Waals surface area contributed by atoms with Crippen molar-refractivity contribution in [3.63, 3.8) is 0 Å². The smallest absolute Gasteiger partial charge is 0.315 e. The number of imidazole rings is 1. The number of nitrogens with one attached hydrogen (secondary N) is 2. The lowest BCUT2D eigenvalue weighted by Crippen LogP contribution is -2.46. The summed E-state index contributed by atoms with van der Waals surface area (Å²) in [5.41, 5.74) is 0. The van der Waals surface area contributed by atoms with E-state index in [0.29, 0.717) is 6.04 Å². The topological polar surface area (TPSA) is 59.0 Å². The Morgan fingerprint density at radius 1 is 1.61 bits per heavy atom. The Morgan fingerprint density at radius 2 is 2.39 bits per heavy atom. The van der Waals surface area contributed by atoms with E-state index in [0.717, 1.165) is 31.5 Å². The fourth-order valence-corrected chi connectivity index (χ4v) is 2.21. The van der Waals surface area contributed by atoms with Crippen molar-refractivity contribution >= 4 is 6.03 Å². The van der Waals surface area contributed by atoms with E-state index in [1.807, 2.05) is 17.8 Å². The summed E-state index contributed by atoms with van der Waals surface area (Å²) < 4.78 is 1.96. The molecule has 2 rings (SSSR count). The van der Waals surface area contributed by atoms with E-state index in [-0.39, 0.29) is 12.1 Å².